The van der Waals surface area contributed by atoms with E-state index < -0.39 is 0 Å². The van der Waals surface area contributed by atoms with Crippen molar-refractivity contribution in [3.8, 4) is 0 Å². The van der Waals surface area contributed by atoms with Gasteiger partial charge in [-0.15, -0.1) is 0 Å². The monoisotopic (exact) mass is 388 g/mol. The van der Waals surface area contributed by atoms with Crippen LogP contribution in [0, 0.1) is 0 Å². The van der Waals surface area contributed by atoms with Gasteiger partial charge >= 0.3 is 0 Å². The largest absolute Gasteiger partial charge is 0.348 e. The molecular weight excluding hydrogens is 360 g/mol. The summed E-state index contributed by atoms with van der Waals surface area (Å²) in [5.41, 5.74) is 3.47. The van der Waals surface area contributed by atoms with E-state index in [9.17, 15) is 4.79 Å². The average Bonchev–Trinajstić information content (AvgIpc) is 3.31. The first-order chi connectivity index (χ1) is 14.2. The van der Waals surface area contributed by atoms with Crippen molar-refractivity contribution in [2.75, 3.05) is 26.7 Å². The van der Waals surface area contributed by atoms with Gasteiger partial charge in [0, 0.05) is 24.9 Å². The van der Waals surface area contributed by atoms with Crippen molar-refractivity contribution in [1.29, 1.82) is 0 Å². The second-order valence-electron chi connectivity index (χ2n) is 7.79. The van der Waals surface area contributed by atoms with Gasteiger partial charge in [-0.05, 0) is 37.1 Å². The number of imidazole rings is 1. The highest BCUT2D eigenvalue weighted by Gasteiger charge is 2.27. The van der Waals surface area contributed by atoms with E-state index in [1.54, 1.807) is 6.33 Å². The van der Waals surface area contributed by atoms with Crippen molar-refractivity contribution < 1.29 is 4.79 Å². The van der Waals surface area contributed by atoms with Crippen LogP contribution in [0.3, 0.4) is 0 Å². The van der Waals surface area contributed by atoms with Crippen molar-refractivity contribution in [1.82, 2.24) is 19.8 Å². The molecule has 1 saturated heterocycles. The summed E-state index contributed by atoms with van der Waals surface area (Å²) < 4.78 is 0. The Hall–Kier alpha value is -2.92. The number of rotatable bonds is 6. The zero-order valence-corrected chi connectivity index (χ0v) is 16.9. The van der Waals surface area contributed by atoms with Crippen molar-refractivity contribution in [3.05, 3.63) is 90.0 Å². The van der Waals surface area contributed by atoms with Crippen LogP contribution >= 0.6 is 0 Å². The summed E-state index contributed by atoms with van der Waals surface area (Å²) in [5, 5.41) is 0. The van der Waals surface area contributed by atoms with Crippen molar-refractivity contribution in [2.24, 2.45) is 0 Å². The third-order valence-electron chi connectivity index (χ3n) is 5.92. The number of hydrogen-bond acceptors (Lipinski definition) is 3. The zero-order valence-electron chi connectivity index (χ0n) is 16.9. The Bertz CT molecular complexity index is 848. The number of amides is 1. The summed E-state index contributed by atoms with van der Waals surface area (Å²) >= 11 is 0. The molecule has 2 heterocycles. The molecule has 1 aliphatic rings. The van der Waals surface area contributed by atoms with Crippen LogP contribution in [0.2, 0.25) is 0 Å². The SMILES string of the molecule is CN(C(=O)CN1CCC(c2cnc[nH]2)CC1)C(c1ccccc1)c1ccccc1. The topological polar surface area (TPSA) is 52.2 Å². The van der Waals surface area contributed by atoms with Gasteiger partial charge in [-0.1, -0.05) is 60.7 Å². The van der Waals surface area contributed by atoms with Crippen LogP contribution in [0.4, 0.5) is 0 Å². The first kappa shape index (κ1) is 19.4. The van der Waals surface area contributed by atoms with Gasteiger partial charge in [0.05, 0.1) is 18.9 Å². The van der Waals surface area contributed by atoms with E-state index in [4.69, 9.17) is 0 Å². The van der Waals surface area contributed by atoms with Crippen LogP contribution in [0.5, 0.6) is 0 Å². The van der Waals surface area contributed by atoms with Crippen molar-refractivity contribution in [2.45, 2.75) is 24.8 Å². The maximum Gasteiger partial charge on any atom is 0.237 e. The predicted octanol–water partition coefficient (Wildman–Crippen LogP) is 3.84. The van der Waals surface area contributed by atoms with Crippen LogP contribution in [-0.4, -0.2) is 52.4 Å². The van der Waals surface area contributed by atoms with Gasteiger partial charge in [-0.2, -0.15) is 0 Å². The molecule has 1 fully saturated rings. The lowest BCUT2D eigenvalue weighted by Crippen LogP contribution is -2.43. The van der Waals surface area contributed by atoms with Crippen LogP contribution in [-0.2, 0) is 4.79 Å². The number of likely N-dealkylation sites (tertiary alicyclic amines) is 1. The molecule has 150 valence electrons. The van der Waals surface area contributed by atoms with Gasteiger partial charge in [-0.3, -0.25) is 9.69 Å². The maximum absolute atomic E-state index is 13.2. The Morgan fingerprint density at radius 3 is 2.17 bits per heavy atom. The minimum absolute atomic E-state index is 0.0765. The standard InChI is InChI=1S/C24H28N4O/c1-27(24(20-8-4-2-5-9-20)21-10-6-3-7-11-21)23(29)17-28-14-12-19(13-15-28)22-16-25-18-26-22/h2-11,16,18-19,24H,12-15,17H2,1H3,(H,25,26). The number of piperidine rings is 1. The van der Waals surface area contributed by atoms with Gasteiger partial charge in [0.15, 0.2) is 0 Å². The average molecular weight is 389 g/mol. The van der Waals surface area contributed by atoms with Gasteiger partial charge < -0.3 is 9.88 Å². The second-order valence-corrected chi connectivity index (χ2v) is 7.79. The molecule has 0 bridgehead atoms. The first-order valence-corrected chi connectivity index (χ1v) is 10.3. The highest BCUT2D eigenvalue weighted by molar-refractivity contribution is 5.79. The zero-order chi connectivity index (χ0) is 20.1. The Labute approximate surface area is 172 Å². The summed E-state index contributed by atoms with van der Waals surface area (Å²) in [6.45, 7) is 2.33. The number of aromatic nitrogens is 2. The molecule has 5 heteroatoms. The third kappa shape index (κ3) is 4.57. The van der Waals surface area contributed by atoms with E-state index >= 15 is 0 Å². The summed E-state index contributed by atoms with van der Waals surface area (Å²) in [6.07, 6.45) is 5.77. The molecular formula is C24H28N4O. The molecule has 2 aromatic carbocycles. The lowest BCUT2D eigenvalue weighted by Gasteiger charge is -2.34. The third-order valence-corrected chi connectivity index (χ3v) is 5.92. The molecule has 4 rings (SSSR count). The molecule has 1 aliphatic heterocycles. The summed E-state index contributed by atoms with van der Waals surface area (Å²) in [6, 6.07) is 20.5. The van der Waals surface area contributed by atoms with E-state index in [1.807, 2.05) is 54.5 Å². The van der Waals surface area contributed by atoms with Gasteiger partial charge in [0.2, 0.25) is 5.91 Å². The molecule has 0 radical (unpaired) electrons. The number of nitrogens with zero attached hydrogens (tertiary/aromatic N) is 3. The quantitative estimate of drug-likeness (QED) is 0.698. The van der Waals surface area contributed by atoms with E-state index in [-0.39, 0.29) is 11.9 Å². The van der Waals surface area contributed by atoms with E-state index in [0.29, 0.717) is 12.5 Å². The molecule has 29 heavy (non-hydrogen) atoms. The van der Waals surface area contributed by atoms with Gasteiger partial charge in [0.25, 0.3) is 0 Å². The lowest BCUT2D eigenvalue weighted by atomic mass is 9.94. The fourth-order valence-corrected chi connectivity index (χ4v) is 4.25. The van der Waals surface area contributed by atoms with Crippen molar-refractivity contribution in [3.63, 3.8) is 0 Å². The van der Waals surface area contributed by atoms with Gasteiger partial charge in [0.1, 0.15) is 0 Å². The van der Waals surface area contributed by atoms with E-state index in [2.05, 4.69) is 39.1 Å². The number of carbonyl (C=O) groups is 1. The number of likely N-dealkylation sites (N-methyl/N-ethyl adjacent to an activating group) is 1. The Morgan fingerprint density at radius 1 is 1.07 bits per heavy atom. The fraction of sp³-hybridized carbons (Fsp3) is 0.333. The Kier molecular flexibility index (Phi) is 6.06. The molecule has 0 unspecified atom stereocenters. The lowest BCUT2D eigenvalue weighted by molar-refractivity contribution is -0.132. The van der Waals surface area contributed by atoms with E-state index in [0.717, 1.165) is 37.1 Å². The van der Waals surface area contributed by atoms with Crippen LogP contribution < -0.4 is 0 Å². The minimum atomic E-state index is -0.0765. The van der Waals surface area contributed by atoms with Crippen molar-refractivity contribution >= 4 is 5.91 Å². The molecule has 1 aromatic heterocycles. The number of hydrogen-bond donors (Lipinski definition) is 1. The molecule has 0 saturated carbocycles. The molecule has 3 aromatic rings. The summed E-state index contributed by atoms with van der Waals surface area (Å²) in [7, 11) is 1.92. The highest BCUT2D eigenvalue weighted by Crippen LogP contribution is 2.29. The summed E-state index contributed by atoms with van der Waals surface area (Å²) in [4.78, 5) is 24.7. The minimum Gasteiger partial charge on any atom is -0.348 e. The molecule has 0 atom stereocenters. The molecule has 1 amide bonds. The maximum atomic E-state index is 13.2. The van der Waals surface area contributed by atoms with Crippen LogP contribution in [0.1, 0.15) is 41.6 Å². The Balaban J connectivity index is 1.43. The van der Waals surface area contributed by atoms with E-state index in [1.165, 1.54) is 5.69 Å². The molecule has 0 spiro atoms. The number of benzene rings is 2. The van der Waals surface area contributed by atoms with Crippen LogP contribution in [0.15, 0.2) is 73.2 Å². The highest BCUT2D eigenvalue weighted by atomic mass is 16.2. The second kappa shape index (κ2) is 9.05. The van der Waals surface area contributed by atoms with Crippen LogP contribution in [0.25, 0.3) is 0 Å². The number of aromatic amines is 1. The first-order valence-electron chi connectivity index (χ1n) is 10.3. The number of carbonyl (C=O) groups excluding carboxylic acids is 1. The Morgan fingerprint density at radius 2 is 1.66 bits per heavy atom. The predicted molar refractivity (Wildman–Crippen MR) is 114 cm³/mol. The smallest absolute Gasteiger partial charge is 0.237 e. The fourth-order valence-electron chi connectivity index (χ4n) is 4.25. The van der Waals surface area contributed by atoms with Gasteiger partial charge in [-0.25, -0.2) is 4.98 Å². The molecule has 0 aliphatic carbocycles. The summed E-state index contributed by atoms with van der Waals surface area (Å²) in [5.74, 6) is 0.672. The normalized spacial score (nSPS) is 15.5. The number of nitrogens with one attached hydrogen (secondary N) is 1. The number of H-pyrrole nitrogens is 1. The molecule has 1 N–H and O–H groups in total. The molecule has 5 nitrogen and oxygen atoms in total.